The minimum absolute atomic E-state index is 0.164. The molecule has 4 rings (SSSR count). The first-order valence-electron chi connectivity index (χ1n) is 7.40. The topological polar surface area (TPSA) is 88.0 Å². The molecule has 2 heterocycles. The molecule has 2 aromatic rings. The van der Waals surface area contributed by atoms with E-state index in [1.165, 1.54) is 16.8 Å². The first kappa shape index (κ1) is 14.2. The minimum Gasteiger partial charge on any atom is -0.478 e. The second kappa shape index (κ2) is 5.06. The van der Waals surface area contributed by atoms with Gasteiger partial charge in [0.2, 0.25) is 0 Å². The Balaban J connectivity index is 1.97. The van der Waals surface area contributed by atoms with Crippen LogP contribution >= 0.6 is 0 Å². The van der Waals surface area contributed by atoms with Crippen molar-refractivity contribution in [2.24, 2.45) is 0 Å². The van der Waals surface area contributed by atoms with Crippen LogP contribution < -0.4 is 5.56 Å². The lowest BCUT2D eigenvalue weighted by molar-refractivity contribution is 0.0697. The summed E-state index contributed by atoms with van der Waals surface area (Å²) in [6.07, 6.45) is 1.67. The number of aromatic nitrogens is 3. The van der Waals surface area contributed by atoms with Gasteiger partial charge in [-0.05, 0) is 36.8 Å². The number of aromatic amines is 1. The molecule has 0 bridgehead atoms. The molecule has 0 radical (unpaired) electrons. The van der Waals surface area contributed by atoms with Crippen molar-refractivity contribution >= 4 is 16.9 Å². The maximum Gasteiger partial charge on any atom is 0.335 e. The Hall–Kier alpha value is -3.41. The number of nitrogens with one attached hydrogen (secondary N) is 1. The van der Waals surface area contributed by atoms with Crippen molar-refractivity contribution in [1.29, 1.82) is 0 Å². The van der Waals surface area contributed by atoms with Crippen LogP contribution in [0, 0.1) is 6.92 Å². The standard InChI is InChI=1S/C18H13N3O3/c1-10-3-2-4-13-15(10)19-9-14-16(13)20-21(17(14)22)12-7-5-11(6-8-12)18(23)24/h2-9,19H,1H3,(H,23,24). The quantitative estimate of drug-likeness (QED) is 0.594. The highest BCUT2D eigenvalue weighted by atomic mass is 16.4. The molecule has 2 N–H and O–H groups in total. The number of para-hydroxylation sites is 1. The normalized spacial score (nSPS) is 11.2. The van der Waals surface area contributed by atoms with Gasteiger partial charge in [-0.2, -0.15) is 9.78 Å². The van der Waals surface area contributed by atoms with E-state index in [-0.39, 0.29) is 11.1 Å². The van der Waals surface area contributed by atoms with E-state index in [1.807, 2.05) is 25.1 Å². The third-order valence-electron chi connectivity index (χ3n) is 4.13. The van der Waals surface area contributed by atoms with Gasteiger partial charge in [0.05, 0.1) is 22.3 Å². The van der Waals surface area contributed by atoms with E-state index in [0.717, 1.165) is 16.5 Å². The van der Waals surface area contributed by atoms with Crippen molar-refractivity contribution in [3.05, 3.63) is 70.1 Å². The van der Waals surface area contributed by atoms with Crippen molar-refractivity contribution in [1.82, 2.24) is 14.8 Å². The molecule has 0 spiro atoms. The molecule has 0 aromatic heterocycles. The maximum atomic E-state index is 12.6. The fourth-order valence-electron chi connectivity index (χ4n) is 2.86. The van der Waals surface area contributed by atoms with Gasteiger partial charge in [0.15, 0.2) is 0 Å². The Bertz CT molecular complexity index is 1110. The molecule has 0 saturated carbocycles. The number of pyridine rings is 1. The average molecular weight is 319 g/mol. The van der Waals surface area contributed by atoms with E-state index in [2.05, 4.69) is 10.1 Å². The van der Waals surface area contributed by atoms with Crippen molar-refractivity contribution < 1.29 is 9.90 Å². The van der Waals surface area contributed by atoms with Gasteiger partial charge in [0.1, 0.15) is 5.69 Å². The molecule has 2 aromatic carbocycles. The molecule has 2 aliphatic heterocycles. The fraction of sp³-hybridized carbons (Fsp3) is 0.0556. The Morgan fingerprint density at radius 3 is 2.62 bits per heavy atom. The number of hydrogen-bond donors (Lipinski definition) is 2. The number of nitrogens with zero attached hydrogens (tertiary/aromatic N) is 2. The van der Waals surface area contributed by atoms with Crippen LogP contribution in [0.5, 0.6) is 0 Å². The smallest absolute Gasteiger partial charge is 0.335 e. The molecule has 6 heteroatoms. The molecule has 24 heavy (non-hydrogen) atoms. The number of hydrogen-bond acceptors (Lipinski definition) is 3. The highest BCUT2D eigenvalue weighted by molar-refractivity contribution is 5.94. The maximum absolute atomic E-state index is 12.6. The number of benzene rings is 2. The first-order chi connectivity index (χ1) is 11.6. The van der Waals surface area contributed by atoms with E-state index in [9.17, 15) is 9.59 Å². The summed E-state index contributed by atoms with van der Waals surface area (Å²) in [5, 5.41) is 14.3. The third kappa shape index (κ3) is 2.00. The van der Waals surface area contributed by atoms with E-state index in [0.29, 0.717) is 16.9 Å². The Kier molecular flexibility index (Phi) is 2.99. The third-order valence-corrected chi connectivity index (χ3v) is 4.13. The number of rotatable bonds is 2. The van der Waals surface area contributed by atoms with E-state index < -0.39 is 5.97 Å². The molecular weight excluding hydrogens is 306 g/mol. The first-order valence-corrected chi connectivity index (χ1v) is 7.40. The van der Waals surface area contributed by atoms with Gasteiger partial charge in [-0.15, -0.1) is 0 Å². The van der Waals surface area contributed by atoms with Crippen molar-refractivity contribution in [2.75, 3.05) is 0 Å². The highest BCUT2D eigenvalue weighted by Gasteiger charge is 2.19. The monoisotopic (exact) mass is 319 g/mol. The van der Waals surface area contributed by atoms with E-state index in [1.54, 1.807) is 18.3 Å². The zero-order valence-electron chi connectivity index (χ0n) is 12.8. The summed E-state index contributed by atoms with van der Waals surface area (Å²) in [4.78, 5) is 26.7. The van der Waals surface area contributed by atoms with Crippen molar-refractivity contribution in [2.45, 2.75) is 6.92 Å². The van der Waals surface area contributed by atoms with Crippen LogP contribution in [0.2, 0.25) is 0 Å². The molecular formula is C18H13N3O3. The van der Waals surface area contributed by atoms with Crippen molar-refractivity contribution in [3.63, 3.8) is 0 Å². The van der Waals surface area contributed by atoms with E-state index in [4.69, 9.17) is 5.11 Å². The Morgan fingerprint density at radius 2 is 1.92 bits per heavy atom. The predicted octanol–water partition coefficient (Wildman–Crippen LogP) is 2.83. The van der Waals surface area contributed by atoms with Gasteiger partial charge in [0, 0.05) is 11.6 Å². The second-order valence-electron chi connectivity index (χ2n) is 5.62. The second-order valence-corrected chi connectivity index (χ2v) is 5.62. The number of carbonyl (C=O) groups is 1. The summed E-state index contributed by atoms with van der Waals surface area (Å²) in [5.41, 5.74) is 3.58. The van der Waals surface area contributed by atoms with Crippen LogP contribution in [0.4, 0.5) is 0 Å². The molecule has 0 aliphatic carbocycles. The number of H-pyrrole nitrogens is 1. The zero-order valence-corrected chi connectivity index (χ0v) is 12.8. The largest absolute Gasteiger partial charge is 0.478 e. The molecule has 0 atom stereocenters. The summed E-state index contributed by atoms with van der Waals surface area (Å²) < 4.78 is 1.30. The summed E-state index contributed by atoms with van der Waals surface area (Å²) >= 11 is 0. The molecule has 0 fully saturated rings. The van der Waals surface area contributed by atoms with Crippen LogP contribution in [0.3, 0.4) is 0 Å². The number of carboxylic acids is 1. The molecule has 118 valence electrons. The summed E-state index contributed by atoms with van der Waals surface area (Å²) in [6.45, 7) is 1.99. The molecule has 2 aliphatic rings. The number of carboxylic acid groups (broad SMARTS) is 1. The van der Waals surface area contributed by atoms with Gasteiger partial charge in [-0.1, -0.05) is 18.2 Å². The molecule has 0 amide bonds. The highest BCUT2D eigenvalue weighted by Crippen LogP contribution is 2.27. The SMILES string of the molecule is Cc1cccc2c3nn(-c4ccc(C(=O)O)cc4)c(=O)c-3c[nH]c12. The summed E-state index contributed by atoms with van der Waals surface area (Å²) in [5.74, 6) is -1.01. The molecule has 6 nitrogen and oxygen atoms in total. The fourth-order valence-corrected chi connectivity index (χ4v) is 2.86. The van der Waals surface area contributed by atoms with Crippen LogP contribution in [-0.2, 0) is 0 Å². The predicted molar refractivity (Wildman–Crippen MR) is 90.0 cm³/mol. The van der Waals surface area contributed by atoms with Crippen LogP contribution in [0.1, 0.15) is 15.9 Å². The lowest BCUT2D eigenvalue weighted by Gasteiger charge is -2.04. The van der Waals surface area contributed by atoms with Gasteiger partial charge < -0.3 is 10.1 Å². The van der Waals surface area contributed by atoms with Gasteiger partial charge in [0.25, 0.3) is 5.56 Å². The zero-order chi connectivity index (χ0) is 16.8. The average Bonchev–Trinajstić information content (AvgIpc) is 2.93. The molecule has 0 saturated heterocycles. The minimum atomic E-state index is -1.01. The summed E-state index contributed by atoms with van der Waals surface area (Å²) in [6, 6.07) is 11.9. The number of aryl methyl sites for hydroxylation is 1. The summed E-state index contributed by atoms with van der Waals surface area (Å²) in [7, 11) is 0. The van der Waals surface area contributed by atoms with Crippen molar-refractivity contribution in [3.8, 4) is 16.9 Å². The van der Waals surface area contributed by atoms with Gasteiger partial charge >= 0.3 is 5.97 Å². The number of aromatic carboxylic acids is 1. The van der Waals surface area contributed by atoms with Crippen LogP contribution in [0.25, 0.3) is 27.8 Å². The lowest BCUT2D eigenvalue weighted by atomic mass is 10.1. The Morgan fingerprint density at radius 1 is 1.17 bits per heavy atom. The van der Waals surface area contributed by atoms with Crippen LogP contribution in [0.15, 0.2) is 53.5 Å². The van der Waals surface area contributed by atoms with Gasteiger partial charge in [-0.3, -0.25) is 4.79 Å². The van der Waals surface area contributed by atoms with E-state index >= 15 is 0 Å². The Labute approximate surface area is 136 Å². The number of fused-ring (bicyclic) bond motifs is 3. The van der Waals surface area contributed by atoms with Crippen LogP contribution in [-0.4, -0.2) is 25.8 Å². The lowest BCUT2D eigenvalue weighted by Crippen LogP contribution is -2.14. The molecule has 0 unspecified atom stereocenters. The van der Waals surface area contributed by atoms with Gasteiger partial charge in [-0.25, -0.2) is 4.79 Å².